The Kier molecular flexibility index (Phi) is 6.15. The summed E-state index contributed by atoms with van der Waals surface area (Å²) in [4.78, 5) is 23.1. The van der Waals surface area contributed by atoms with Gasteiger partial charge in [0, 0.05) is 28.1 Å². The number of hydrogen-bond acceptors (Lipinski definition) is 6. The highest BCUT2D eigenvalue weighted by Crippen LogP contribution is 2.48. The van der Waals surface area contributed by atoms with Crippen LogP contribution in [0.1, 0.15) is 24.8 Å². The van der Waals surface area contributed by atoms with Gasteiger partial charge in [0.1, 0.15) is 17.9 Å². The Hall–Kier alpha value is -2.57. The molecule has 8 heteroatoms. The number of rotatable bonds is 4. The van der Waals surface area contributed by atoms with Crippen LogP contribution in [-0.2, 0) is 9.53 Å². The molecule has 1 aliphatic rings. The summed E-state index contributed by atoms with van der Waals surface area (Å²) in [5, 5.41) is 1.53. The van der Waals surface area contributed by atoms with Gasteiger partial charge in [-0.1, -0.05) is 11.6 Å². The van der Waals surface area contributed by atoms with Crippen LogP contribution in [-0.4, -0.2) is 36.2 Å². The van der Waals surface area contributed by atoms with E-state index in [-0.39, 0.29) is 36.8 Å². The van der Waals surface area contributed by atoms with Crippen LogP contribution in [0.3, 0.4) is 0 Å². The van der Waals surface area contributed by atoms with Gasteiger partial charge in [0.25, 0.3) is 0 Å². The zero-order valence-corrected chi connectivity index (χ0v) is 17.8. The summed E-state index contributed by atoms with van der Waals surface area (Å²) in [5.74, 6) is 1.25. The number of carbonyl (C=O) groups excluding carboxylic acids is 1. The first-order valence-corrected chi connectivity index (χ1v) is 9.35. The monoisotopic (exact) mass is 433 g/mol. The Morgan fingerprint density at radius 3 is 2.69 bits per heavy atom. The van der Waals surface area contributed by atoms with Crippen LogP contribution < -0.4 is 9.64 Å². The van der Waals surface area contributed by atoms with Crippen molar-refractivity contribution in [2.24, 2.45) is 0 Å². The van der Waals surface area contributed by atoms with E-state index >= 15 is 0 Å². The van der Waals surface area contributed by atoms with Crippen molar-refractivity contribution >= 4 is 52.4 Å². The van der Waals surface area contributed by atoms with E-state index in [4.69, 9.17) is 21.1 Å². The van der Waals surface area contributed by atoms with Gasteiger partial charge in [-0.05, 0) is 48.9 Å². The molecular formula is C21H21Cl2N3O3. The number of carbonyl (C=O) groups is 1. The third kappa shape index (κ3) is 3.70. The second-order valence-electron chi connectivity index (χ2n) is 6.78. The van der Waals surface area contributed by atoms with Crippen molar-refractivity contribution in [2.45, 2.75) is 25.3 Å². The van der Waals surface area contributed by atoms with E-state index in [1.165, 1.54) is 13.4 Å². The van der Waals surface area contributed by atoms with Gasteiger partial charge in [-0.15, -0.1) is 12.4 Å². The topological polar surface area (TPSA) is 64.6 Å². The molecule has 4 rings (SSSR count). The fourth-order valence-corrected chi connectivity index (χ4v) is 4.06. The number of hydrogen-bond donors (Lipinski definition) is 0. The summed E-state index contributed by atoms with van der Waals surface area (Å²) in [6.45, 7) is 2.09. The van der Waals surface area contributed by atoms with Gasteiger partial charge in [0.15, 0.2) is 0 Å². The molecule has 0 saturated carbocycles. The highest BCUT2D eigenvalue weighted by molar-refractivity contribution is 6.31. The first-order chi connectivity index (χ1) is 13.5. The van der Waals surface area contributed by atoms with E-state index in [2.05, 4.69) is 21.8 Å². The average molecular weight is 434 g/mol. The summed E-state index contributed by atoms with van der Waals surface area (Å²) < 4.78 is 10.3. The minimum Gasteiger partial charge on any atom is -0.497 e. The minimum absolute atomic E-state index is 0. The average Bonchev–Trinajstić information content (AvgIpc) is 2.97. The maximum absolute atomic E-state index is 12.1. The summed E-state index contributed by atoms with van der Waals surface area (Å²) in [6, 6.07) is 11.5. The van der Waals surface area contributed by atoms with E-state index in [0.717, 1.165) is 33.7 Å². The molecule has 0 N–H and O–H groups in total. The number of ether oxygens (including phenoxy) is 2. The van der Waals surface area contributed by atoms with E-state index in [9.17, 15) is 4.79 Å². The molecule has 29 heavy (non-hydrogen) atoms. The van der Waals surface area contributed by atoms with Gasteiger partial charge in [-0.2, -0.15) is 0 Å². The standard InChI is InChI=1S/C21H20ClN3O3.ClH/c1-12-16(10-20(26)28-3)17-9-14(27-2)5-7-19(17)25(12)21-15-6-4-13(22)8-18(15)23-11-24-21;/h4-9,11-12,16H,10H2,1-3H3;1H. The van der Waals surface area contributed by atoms with E-state index in [1.807, 2.05) is 36.4 Å². The first kappa shape index (κ1) is 21.1. The normalized spacial score (nSPS) is 17.6. The summed E-state index contributed by atoms with van der Waals surface area (Å²) >= 11 is 6.13. The molecule has 1 aliphatic heterocycles. The fourth-order valence-electron chi connectivity index (χ4n) is 3.89. The zero-order valence-electron chi connectivity index (χ0n) is 16.3. The molecule has 0 fully saturated rings. The maximum atomic E-state index is 12.1. The quantitative estimate of drug-likeness (QED) is 0.545. The molecule has 2 aromatic carbocycles. The van der Waals surface area contributed by atoms with Crippen LogP contribution in [0.2, 0.25) is 5.02 Å². The number of anilines is 2. The molecule has 6 nitrogen and oxygen atoms in total. The SMILES string of the molecule is COC(=O)CC1c2cc(OC)ccc2N(c2ncnc3cc(Cl)ccc23)C1C.Cl. The van der Waals surface area contributed by atoms with Crippen molar-refractivity contribution in [1.29, 1.82) is 0 Å². The first-order valence-electron chi connectivity index (χ1n) is 8.97. The number of benzene rings is 2. The van der Waals surface area contributed by atoms with Gasteiger partial charge >= 0.3 is 5.97 Å². The summed E-state index contributed by atoms with van der Waals surface area (Å²) in [7, 11) is 3.04. The van der Waals surface area contributed by atoms with Gasteiger partial charge in [0.05, 0.1) is 26.2 Å². The molecule has 1 aromatic heterocycles. The highest BCUT2D eigenvalue weighted by Gasteiger charge is 2.39. The Labute approximate surface area is 180 Å². The predicted octanol–water partition coefficient (Wildman–Crippen LogP) is 4.90. The van der Waals surface area contributed by atoms with Crippen molar-refractivity contribution in [2.75, 3.05) is 19.1 Å². The van der Waals surface area contributed by atoms with Crippen LogP contribution in [0.15, 0.2) is 42.7 Å². The molecule has 152 valence electrons. The molecule has 0 saturated heterocycles. The molecule has 0 aliphatic carbocycles. The predicted molar refractivity (Wildman–Crippen MR) is 116 cm³/mol. The number of nitrogens with zero attached hydrogens (tertiary/aromatic N) is 3. The lowest BCUT2D eigenvalue weighted by Crippen LogP contribution is -2.29. The third-order valence-corrected chi connectivity index (χ3v) is 5.54. The number of fused-ring (bicyclic) bond motifs is 2. The van der Waals surface area contributed by atoms with Crippen molar-refractivity contribution < 1.29 is 14.3 Å². The molecular weight excluding hydrogens is 413 g/mol. The van der Waals surface area contributed by atoms with Crippen LogP contribution in [0.4, 0.5) is 11.5 Å². The van der Waals surface area contributed by atoms with E-state index in [0.29, 0.717) is 5.02 Å². The van der Waals surface area contributed by atoms with Gasteiger partial charge in [-0.25, -0.2) is 9.97 Å². The van der Waals surface area contributed by atoms with Crippen molar-refractivity contribution in [3.63, 3.8) is 0 Å². The maximum Gasteiger partial charge on any atom is 0.306 e. The smallest absolute Gasteiger partial charge is 0.306 e. The number of halogens is 2. The van der Waals surface area contributed by atoms with Crippen molar-refractivity contribution in [3.05, 3.63) is 53.3 Å². The molecule has 0 spiro atoms. The Morgan fingerprint density at radius 2 is 1.97 bits per heavy atom. The molecule has 2 heterocycles. The zero-order chi connectivity index (χ0) is 19.8. The Balaban J connectivity index is 0.00000240. The van der Waals surface area contributed by atoms with E-state index < -0.39 is 0 Å². The lowest BCUT2D eigenvalue weighted by molar-refractivity contribution is -0.141. The van der Waals surface area contributed by atoms with Crippen molar-refractivity contribution in [3.8, 4) is 5.75 Å². The third-order valence-electron chi connectivity index (χ3n) is 5.30. The number of aromatic nitrogens is 2. The van der Waals surface area contributed by atoms with E-state index in [1.54, 1.807) is 7.11 Å². The van der Waals surface area contributed by atoms with Crippen LogP contribution in [0.25, 0.3) is 10.9 Å². The lowest BCUT2D eigenvalue weighted by atomic mass is 9.92. The van der Waals surface area contributed by atoms with Crippen molar-refractivity contribution in [1.82, 2.24) is 9.97 Å². The second kappa shape index (κ2) is 8.43. The summed E-state index contributed by atoms with van der Waals surface area (Å²) in [6.07, 6.45) is 1.82. The number of methoxy groups -OCH3 is 2. The van der Waals surface area contributed by atoms with Gasteiger partial charge in [0.2, 0.25) is 0 Å². The summed E-state index contributed by atoms with van der Waals surface area (Å²) in [5.41, 5.74) is 2.81. The van der Waals surface area contributed by atoms with Crippen LogP contribution >= 0.6 is 24.0 Å². The second-order valence-corrected chi connectivity index (χ2v) is 7.22. The molecule has 2 unspecified atom stereocenters. The molecule has 3 aromatic rings. The van der Waals surface area contributed by atoms with Gasteiger partial charge < -0.3 is 14.4 Å². The molecule has 0 bridgehead atoms. The van der Waals surface area contributed by atoms with Gasteiger partial charge in [-0.3, -0.25) is 4.79 Å². The highest BCUT2D eigenvalue weighted by atomic mass is 35.5. The fraction of sp³-hybridized carbons (Fsp3) is 0.286. The van der Waals surface area contributed by atoms with Crippen LogP contribution in [0, 0.1) is 0 Å². The largest absolute Gasteiger partial charge is 0.497 e. The van der Waals surface area contributed by atoms with Crippen LogP contribution in [0.5, 0.6) is 5.75 Å². The lowest BCUT2D eigenvalue weighted by Gasteiger charge is -2.27. The number of esters is 1. The Morgan fingerprint density at radius 1 is 1.17 bits per heavy atom. The Bertz CT molecular complexity index is 1060. The molecule has 0 radical (unpaired) electrons. The molecule has 2 atom stereocenters. The minimum atomic E-state index is -0.244. The molecule has 0 amide bonds.